The third-order valence-electron chi connectivity index (χ3n) is 11.7. The first kappa shape index (κ1) is 69.0. The van der Waals surface area contributed by atoms with Gasteiger partial charge in [0.15, 0.2) is 6.10 Å². The van der Waals surface area contributed by atoms with Gasteiger partial charge in [-0.1, -0.05) is 230 Å². The van der Waals surface area contributed by atoms with Crippen molar-refractivity contribution in [3.8, 4) is 0 Å². The molecule has 0 spiro atoms. The van der Waals surface area contributed by atoms with Crippen LogP contribution in [-0.2, 0) is 28.6 Å². The lowest BCUT2D eigenvalue weighted by molar-refractivity contribution is -0.167. The molecule has 0 aliphatic heterocycles. The molecular weight excluding hydrogens is 913 g/mol. The highest BCUT2D eigenvalue weighted by Gasteiger charge is 2.19. The van der Waals surface area contributed by atoms with Gasteiger partial charge in [0.05, 0.1) is 0 Å². The monoisotopic (exact) mass is 1020 g/mol. The molecule has 1 atom stereocenters. The molecule has 0 radical (unpaired) electrons. The minimum atomic E-state index is -0.824. The molecular formula is C68H106O6. The Balaban J connectivity index is 4.53. The lowest BCUT2D eigenvalue weighted by Crippen LogP contribution is -2.30. The molecule has 0 saturated heterocycles. The molecule has 0 heterocycles. The fourth-order valence-corrected chi connectivity index (χ4v) is 7.39. The second kappa shape index (κ2) is 60.6. The van der Waals surface area contributed by atoms with Crippen LogP contribution in [0.15, 0.2) is 158 Å². The molecule has 0 aromatic rings. The zero-order valence-electron chi connectivity index (χ0n) is 47.3. The number of carbonyl (C=O) groups is 3. The summed E-state index contributed by atoms with van der Waals surface area (Å²) in [7, 11) is 0. The van der Waals surface area contributed by atoms with E-state index in [-0.39, 0.29) is 44.0 Å². The number of esters is 3. The van der Waals surface area contributed by atoms with E-state index >= 15 is 0 Å². The maximum absolute atomic E-state index is 12.9. The first-order valence-electron chi connectivity index (χ1n) is 29.5. The molecule has 0 aromatic heterocycles. The average molecular weight is 1020 g/mol. The third-order valence-corrected chi connectivity index (χ3v) is 11.7. The van der Waals surface area contributed by atoms with Gasteiger partial charge in [-0.05, 0) is 141 Å². The van der Waals surface area contributed by atoms with Crippen molar-refractivity contribution in [3.05, 3.63) is 158 Å². The van der Waals surface area contributed by atoms with E-state index in [4.69, 9.17) is 14.2 Å². The molecule has 6 heteroatoms. The molecule has 1 unspecified atom stereocenters. The van der Waals surface area contributed by atoms with Crippen LogP contribution in [0.25, 0.3) is 0 Å². The summed E-state index contributed by atoms with van der Waals surface area (Å²) in [6.07, 6.45) is 88.1. The maximum Gasteiger partial charge on any atom is 0.306 e. The lowest BCUT2D eigenvalue weighted by Gasteiger charge is -2.18. The molecule has 0 aliphatic carbocycles. The second-order valence-corrected chi connectivity index (χ2v) is 18.8. The van der Waals surface area contributed by atoms with Crippen LogP contribution in [0.3, 0.4) is 0 Å². The van der Waals surface area contributed by atoms with E-state index in [9.17, 15) is 14.4 Å². The Labute approximate surface area is 454 Å². The molecule has 0 amide bonds. The highest BCUT2D eigenvalue weighted by atomic mass is 16.6. The Bertz CT molecular complexity index is 1690. The van der Waals surface area contributed by atoms with Gasteiger partial charge < -0.3 is 14.2 Å². The number of allylic oxidation sites excluding steroid dienone is 26. The van der Waals surface area contributed by atoms with Crippen LogP contribution in [0.5, 0.6) is 0 Å². The Kier molecular flexibility index (Phi) is 56.5. The summed E-state index contributed by atoms with van der Waals surface area (Å²) in [5, 5.41) is 0. The zero-order valence-corrected chi connectivity index (χ0v) is 47.3. The first-order valence-corrected chi connectivity index (χ1v) is 29.5. The van der Waals surface area contributed by atoms with E-state index in [2.05, 4.69) is 179 Å². The molecule has 0 fully saturated rings. The molecule has 0 N–H and O–H groups in total. The molecule has 74 heavy (non-hydrogen) atoms. The summed E-state index contributed by atoms with van der Waals surface area (Å²) < 4.78 is 16.8. The van der Waals surface area contributed by atoms with Crippen molar-refractivity contribution in [2.24, 2.45) is 0 Å². The smallest absolute Gasteiger partial charge is 0.306 e. The van der Waals surface area contributed by atoms with E-state index in [0.29, 0.717) is 12.8 Å². The van der Waals surface area contributed by atoms with Crippen molar-refractivity contribution in [1.29, 1.82) is 0 Å². The van der Waals surface area contributed by atoms with E-state index < -0.39 is 6.10 Å². The Morgan fingerprint density at radius 3 is 0.892 bits per heavy atom. The number of carbonyl (C=O) groups excluding carboxylic acids is 3. The minimum absolute atomic E-state index is 0.115. The largest absolute Gasteiger partial charge is 0.462 e. The van der Waals surface area contributed by atoms with E-state index in [0.717, 1.165) is 154 Å². The van der Waals surface area contributed by atoms with Crippen LogP contribution in [0.4, 0.5) is 0 Å². The highest BCUT2D eigenvalue weighted by Crippen LogP contribution is 2.13. The molecule has 0 saturated carbocycles. The SMILES string of the molecule is CC/C=C\C/C=C\C/C=C\C/C=C\C/C=C\C/C=C\C/C=C\CCCC(=O)OCC(COC(=O)CCCCCCC/C=C\CCCCC)OC(=O)CCCCCCC/C=C\C/C=C\C/C=C\C/C=C\C/C=C\CC. The molecule has 0 bridgehead atoms. The van der Waals surface area contributed by atoms with Crippen LogP contribution < -0.4 is 0 Å². The number of hydrogen-bond donors (Lipinski definition) is 0. The van der Waals surface area contributed by atoms with Gasteiger partial charge in [-0.15, -0.1) is 0 Å². The van der Waals surface area contributed by atoms with E-state index in [1.54, 1.807) is 0 Å². The fourth-order valence-electron chi connectivity index (χ4n) is 7.39. The van der Waals surface area contributed by atoms with Crippen LogP contribution in [-0.4, -0.2) is 37.2 Å². The fraction of sp³-hybridized carbons (Fsp3) is 0.574. The minimum Gasteiger partial charge on any atom is -0.462 e. The average Bonchev–Trinajstić information content (AvgIpc) is 3.40. The van der Waals surface area contributed by atoms with Gasteiger partial charge in [0.25, 0.3) is 0 Å². The summed E-state index contributed by atoms with van der Waals surface area (Å²) in [5.41, 5.74) is 0. The topological polar surface area (TPSA) is 78.9 Å². The first-order chi connectivity index (χ1) is 36.5. The van der Waals surface area contributed by atoms with Gasteiger partial charge >= 0.3 is 17.9 Å². The third kappa shape index (κ3) is 57.9. The van der Waals surface area contributed by atoms with E-state index in [1.165, 1.54) is 32.1 Å². The van der Waals surface area contributed by atoms with Crippen molar-refractivity contribution in [1.82, 2.24) is 0 Å². The molecule has 0 rings (SSSR count). The van der Waals surface area contributed by atoms with Gasteiger partial charge in [-0.3, -0.25) is 14.4 Å². The predicted molar refractivity (Wildman–Crippen MR) is 320 cm³/mol. The van der Waals surface area contributed by atoms with Gasteiger partial charge in [0.2, 0.25) is 0 Å². The quantitative estimate of drug-likeness (QED) is 0.0261. The van der Waals surface area contributed by atoms with Crippen molar-refractivity contribution < 1.29 is 28.6 Å². The number of unbranched alkanes of at least 4 members (excludes halogenated alkanes) is 14. The van der Waals surface area contributed by atoms with E-state index in [1.807, 2.05) is 0 Å². The number of hydrogen-bond acceptors (Lipinski definition) is 6. The molecule has 0 aromatic carbocycles. The summed E-state index contributed by atoms with van der Waals surface area (Å²) in [5.74, 6) is -1.01. The van der Waals surface area contributed by atoms with Gasteiger partial charge in [-0.2, -0.15) is 0 Å². The lowest BCUT2D eigenvalue weighted by atomic mass is 10.1. The van der Waals surface area contributed by atoms with Gasteiger partial charge in [0, 0.05) is 19.3 Å². The summed E-state index contributed by atoms with van der Waals surface area (Å²) in [6, 6.07) is 0. The normalized spacial score (nSPS) is 13.3. The Hall–Kier alpha value is -4.97. The zero-order chi connectivity index (χ0) is 53.6. The van der Waals surface area contributed by atoms with Crippen molar-refractivity contribution in [2.45, 2.75) is 239 Å². The maximum atomic E-state index is 12.9. The van der Waals surface area contributed by atoms with Crippen LogP contribution >= 0.6 is 0 Å². The van der Waals surface area contributed by atoms with Crippen LogP contribution in [0, 0.1) is 0 Å². The van der Waals surface area contributed by atoms with Crippen molar-refractivity contribution in [2.75, 3.05) is 13.2 Å². The molecule has 0 aliphatic rings. The van der Waals surface area contributed by atoms with Crippen LogP contribution in [0.2, 0.25) is 0 Å². The van der Waals surface area contributed by atoms with Gasteiger partial charge in [0.1, 0.15) is 13.2 Å². The van der Waals surface area contributed by atoms with Crippen LogP contribution in [0.1, 0.15) is 233 Å². The number of ether oxygens (including phenoxy) is 3. The molecule has 414 valence electrons. The Morgan fingerprint density at radius 1 is 0.284 bits per heavy atom. The number of rotatable bonds is 51. The summed E-state index contributed by atoms with van der Waals surface area (Å²) >= 11 is 0. The van der Waals surface area contributed by atoms with Crippen molar-refractivity contribution >= 4 is 17.9 Å². The Morgan fingerprint density at radius 2 is 0.541 bits per heavy atom. The standard InChI is InChI=1S/C68H106O6/c1-4-7-10-13-16-19-22-25-27-29-31-33-34-36-37-39-41-43-46-49-52-55-58-61-67(70)73-64-65(63-72-66(69)60-57-54-51-48-45-24-21-18-15-12-9-6-3)74-68(71)62-59-56-53-50-47-44-42-40-38-35-32-30-28-26-23-20-17-14-11-8-5-2/h7-8,10-11,16-21,25-28,31-33,35-37,40-43,49,52,65H,4-6,9,12-15,22-24,29-30,34,38-39,44-48,50-51,53-64H2,1-3H3/b10-7-,11-8-,19-16-,20-17-,21-18-,27-25-,28-26-,33-31-,35-32-,37-36-,42-40-,43-41-,52-49-. The second-order valence-electron chi connectivity index (χ2n) is 18.8. The molecule has 6 nitrogen and oxygen atoms in total. The van der Waals surface area contributed by atoms with Crippen molar-refractivity contribution in [3.63, 3.8) is 0 Å². The van der Waals surface area contributed by atoms with Gasteiger partial charge in [-0.25, -0.2) is 0 Å². The predicted octanol–water partition coefficient (Wildman–Crippen LogP) is 20.1. The summed E-state index contributed by atoms with van der Waals surface area (Å²) in [6.45, 7) is 6.30. The highest BCUT2D eigenvalue weighted by molar-refractivity contribution is 5.71. The summed E-state index contributed by atoms with van der Waals surface area (Å²) in [4.78, 5) is 38.2.